The first-order valence-electron chi connectivity index (χ1n) is 7.58. The molecule has 1 aliphatic carbocycles. The van der Waals surface area contributed by atoms with Crippen LogP contribution >= 0.6 is 15.9 Å². The largest absolute Gasteiger partial charge is 0.497 e. The van der Waals surface area contributed by atoms with Gasteiger partial charge in [0.1, 0.15) is 5.75 Å². The van der Waals surface area contributed by atoms with Crippen molar-refractivity contribution in [1.29, 1.82) is 0 Å². The molecule has 2 rings (SSSR count). The molecule has 3 heteroatoms. The van der Waals surface area contributed by atoms with Crippen molar-refractivity contribution in [3.05, 3.63) is 28.2 Å². The van der Waals surface area contributed by atoms with Gasteiger partial charge in [-0.25, -0.2) is 0 Å². The summed E-state index contributed by atoms with van der Waals surface area (Å²) in [4.78, 5) is 0. The lowest BCUT2D eigenvalue weighted by Gasteiger charge is -2.43. The molecule has 1 aromatic carbocycles. The Kier molecular flexibility index (Phi) is 5.50. The highest BCUT2D eigenvalue weighted by Crippen LogP contribution is 2.44. The smallest absolute Gasteiger partial charge is 0.119 e. The summed E-state index contributed by atoms with van der Waals surface area (Å²) in [6.07, 6.45) is 5.17. The molecule has 0 bridgehead atoms. The summed E-state index contributed by atoms with van der Waals surface area (Å²) in [7, 11) is 1.73. The molecule has 1 aliphatic rings. The normalized spacial score (nSPS) is 17.1. The van der Waals surface area contributed by atoms with Gasteiger partial charge in [-0.3, -0.25) is 0 Å². The monoisotopic (exact) mass is 339 g/mol. The molecule has 1 aromatic rings. The topological polar surface area (TPSA) is 21.3 Å². The summed E-state index contributed by atoms with van der Waals surface area (Å²) in [6.45, 7) is 6.77. The van der Waals surface area contributed by atoms with E-state index in [2.05, 4.69) is 47.2 Å². The Labute approximate surface area is 131 Å². The summed E-state index contributed by atoms with van der Waals surface area (Å²) >= 11 is 3.68. The molecule has 0 aliphatic heterocycles. The van der Waals surface area contributed by atoms with Crippen LogP contribution in [0.1, 0.15) is 38.7 Å². The van der Waals surface area contributed by atoms with Crippen molar-refractivity contribution < 1.29 is 4.74 Å². The zero-order valence-electron chi connectivity index (χ0n) is 12.8. The summed E-state index contributed by atoms with van der Waals surface area (Å²) in [5.74, 6) is 1.67. The molecule has 0 radical (unpaired) electrons. The zero-order valence-corrected chi connectivity index (χ0v) is 14.4. The second-order valence-electron chi connectivity index (χ2n) is 6.51. The third kappa shape index (κ3) is 3.98. The number of hydrogen-bond donors (Lipinski definition) is 1. The fourth-order valence-electron chi connectivity index (χ4n) is 2.94. The minimum atomic E-state index is 0.448. The Hall–Kier alpha value is -0.540. The van der Waals surface area contributed by atoms with Gasteiger partial charge >= 0.3 is 0 Å². The van der Waals surface area contributed by atoms with Crippen molar-refractivity contribution >= 4 is 15.9 Å². The SMILES string of the molecule is COc1ccc(Br)c(CC2(CNCC(C)C)CCC2)c1. The Morgan fingerprint density at radius 3 is 2.65 bits per heavy atom. The van der Waals surface area contributed by atoms with Crippen LogP contribution in [0.2, 0.25) is 0 Å². The van der Waals surface area contributed by atoms with Gasteiger partial charge in [-0.1, -0.05) is 36.2 Å². The van der Waals surface area contributed by atoms with Crippen molar-refractivity contribution in [2.75, 3.05) is 20.2 Å². The van der Waals surface area contributed by atoms with Gasteiger partial charge in [-0.05, 0) is 60.9 Å². The van der Waals surface area contributed by atoms with Crippen LogP contribution in [-0.2, 0) is 6.42 Å². The first kappa shape index (κ1) is 15.8. The average molecular weight is 340 g/mol. The Morgan fingerprint density at radius 1 is 1.35 bits per heavy atom. The molecule has 0 saturated heterocycles. The Balaban J connectivity index is 2.02. The van der Waals surface area contributed by atoms with Crippen LogP contribution in [0.15, 0.2) is 22.7 Å². The lowest BCUT2D eigenvalue weighted by molar-refractivity contribution is 0.128. The molecule has 2 nitrogen and oxygen atoms in total. The summed E-state index contributed by atoms with van der Waals surface area (Å²) in [5, 5.41) is 3.65. The number of benzene rings is 1. The Bertz CT molecular complexity index is 441. The van der Waals surface area contributed by atoms with E-state index in [1.165, 1.54) is 29.3 Å². The van der Waals surface area contributed by atoms with E-state index in [-0.39, 0.29) is 0 Å². The molecular formula is C17H26BrNO. The van der Waals surface area contributed by atoms with E-state index in [4.69, 9.17) is 4.74 Å². The van der Waals surface area contributed by atoms with Gasteiger partial charge < -0.3 is 10.1 Å². The number of methoxy groups -OCH3 is 1. The lowest BCUT2D eigenvalue weighted by atomic mass is 9.65. The molecule has 0 unspecified atom stereocenters. The maximum atomic E-state index is 5.35. The van der Waals surface area contributed by atoms with Crippen molar-refractivity contribution in [1.82, 2.24) is 5.32 Å². The summed E-state index contributed by atoms with van der Waals surface area (Å²) < 4.78 is 6.55. The van der Waals surface area contributed by atoms with Gasteiger partial charge in [0.05, 0.1) is 7.11 Å². The molecule has 1 saturated carbocycles. The number of nitrogens with one attached hydrogen (secondary N) is 1. The molecule has 112 valence electrons. The van der Waals surface area contributed by atoms with Crippen LogP contribution in [-0.4, -0.2) is 20.2 Å². The average Bonchev–Trinajstić information content (AvgIpc) is 2.37. The first-order valence-corrected chi connectivity index (χ1v) is 8.37. The second kappa shape index (κ2) is 6.95. The first-order chi connectivity index (χ1) is 9.54. The minimum absolute atomic E-state index is 0.448. The minimum Gasteiger partial charge on any atom is -0.497 e. The van der Waals surface area contributed by atoms with Crippen molar-refractivity contribution in [3.8, 4) is 5.75 Å². The molecule has 1 fully saturated rings. The van der Waals surface area contributed by atoms with Gasteiger partial charge in [0.25, 0.3) is 0 Å². The van der Waals surface area contributed by atoms with Gasteiger partial charge in [0, 0.05) is 11.0 Å². The molecule has 0 amide bonds. The maximum absolute atomic E-state index is 5.35. The van der Waals surface area contributed by atoms with Gasteiger partial charge in [0.2, 0.25) is 0 Å². The number of rotatable bonds is 7. The van der Waals surface area contributed by atoms with Crippen molar-refractivity contribution in [2.45, 2.75) is 39.5 Å². The highest BCUT2D eigenvalue weighted by atomic mass is 79.9. The summed E-state index contributed by atoms with van der Waals surface area (Å²) in [5.41, 5.74) is 1.82. The van der Waals surface area contributed by atoms with E-state index in [1.807, 2.05) is 6.07 Å². The quantitative estimate of drug-likeness (QED) is 0.794. The highest BCUT2D eigenvalue weighted by molar-refractivity contribution is 9.10. The van der Waals surface area contributed by atoms with Crippen LogP contribution in [0.5, 0.6) is 5.75 Å². The molecule has 0 spiro atoms. The van der Waals surface area contributed by atoms with Crippen LogP contribution in [0.3, 0.4) is 0 Å². The zero-order chi connectivity index (χ0) is 14.6. The summed E-state index contributed by atoms with van der Waals surface area (Å²) in [6, 6.07) is 6.28. The molecule has 0 atom stereocenters. The van der Waals surface area contributed by atoms with Gasteiger partial charge in [0.15, 0.2) is 0 Å². The van der Waals surface area contributed by atoms with Crippen molar-refractivity contribution in [3.63, 3.8) is 0 Å². The van der Waals surface area contributed by atoms with Crippen LogP contribution < -0.4 is 10.1 Å². The fraction of sp³-hybridized carbons (Fsp3) is 0.647. The highest BCUT2D eigenvalue weighted by Gasteiger charge is 2.37. The predicted octanol–water partition coefficient (Wildman–Crippen LogP) is 4.42. The standard InChI is InChI=1S/C17H26BrNO/c1-13(2)11-19-12-17(7-4-8-17)10-14-9-15(20-3)5-6-16(14)18/h5-6,9,13,19H,4,7-8,10-12H2,1-3H3. The predicted molar refractivity (Wildman–Crippen MR) is 88.4 cm³/mol. The van der Waals surface area contributed by atoms with Gasteiger partial charge in [-0.2, -0.15) is 0 Å². The third-order valence-electron chi connectivity index (χ3n) is 4.29. The van der Waals surface area contributed by atoms with E-state index in [0.717, 1.165) is 31.2 Å². The lowest BCUT2D eigenvalue weighted by Crippen LogP contribution is -2.42. The Morgan fingerprint density at radius 2 is 2.10 bits per heavy atom. The van der Waals surface area contributed by atoms with E-state index >= 15 is 0 Å². The third-order valence-corrected chi connectivity index (χ3v) is 5.06. The fourth-order valence-corrected chi connectivity index (χ4v) is 3.32. The van der Waals surface area contributed by atoms with Crippen LogP contribution in [0.4, 0.5) is 0 Å². The van der Waals surface area contributed by atoms with E-state index in [1.54, 1.807) is 7.11 Å². The van der Waals surface area contributed by atoms with Crippen molar-refractivity contribution in [2.24, 2.45) is 11.3 Å². The second-order valence-corrected chi connectivity index (χ2v) is 7.37. The van der Waals surface area contributed by atoms with Crippen LogP contribution in [0, 0.1) is 11.3 Å². The van der Waals surface area contributed by atoms with E-state index < -0.39 is 0 Å². The maximum Gasteiger partial charge on any atom is 0.119 e. The molecule has 1 N–H and O–H groups in total. The van der Waals surface area contributed by atoms with E-state index in [0.29, 0.717) is 5.41 Å². The van der Waals surface area contributed by atoms with E-state index in [9.17, 15) is 0 Å². The van der Waals surface area contributed by atoms with Crippen LogP contribution in [0.25, 0.3) is 0 Å². The molecule has 0 heterocycles. The van der Waals surface area contributed by atoms with Gasteiger partial charge in [-0.15, -0.1) is 0 Å². The number of ether oxygens (including phenoxy) is 1. The number of halogens is 1. The molecule has 20 heavy (non-hydrogen) atoms. The molecular weight excluding hydrogens is 314 g/mol. The molecule has 0 aromatic heterocycles. The number of hydrogen-bond acceptors (Lipinski definition) is 2.